The smallest absolute Gasteiger partial charge is 0.274 e. The molecular formula is C21H14N4O2. The number of nitrogens with zero attached hydrogens (tertiary/aromatic N) is 2. The van der Waals surface area contributed by atoms with Crippen LogP contribution in [0.3, 0.4) is 0 Å². The van der Waals surface area contributed by atoms with E-state index in [1.54, 1.807) is 12.5 Å². The van der Waals surface area contributed by atoms with Crippen LogP contribution in [0.25, 0.3) is 33.4 Å². The third-order valence-electron chi connectivity index (χ3n) is 4.38. The van der Waals surface area contributed by atoms with E-state index < -0.39 is 0 Å². The van der Waals surface area contributed by atoms with Crippen molar-refractivity contribution in [3.63, 3.8) is 0 Å². The Morgan fingerprint density at radius 1 is 1.04 bits per heavy atom. The van der Waals surface area contributed by atoms with Gasteiger partial charge in [-0.3, -0.25) is 9.78 Å². The number of anilines is 1. The second kappa shape index (κ2) is 6.10. The van der Waals surface area contributed by atoms with Crippen molar-refractivity contribution >= 4 is 33.4 Å². The van der Waals surface area contributed by atoms with Gasteiger partial charge in [0.1, 0.15) is 5.69 Å². The van der Waals surface area contributed by atoms with Gasteiger partial charge in [-0.25, -0.2) is 4.98 Å². The van der Waals surface area contributed by atoms with Crippen molar-refractivity contribution in [1.29, 1.82) is 0 Å². The number of hydrogen-bond acceptors (Lipinski definition) is 4. The van der Waals surface area contributed by atoms with Crippen molar-refractivity contribution in [2.45, 2.75) is 0 Å². The van der Waals surface area contributed by atoms with Crippen LogP contribution in [-0.4, -0.2) is 20.9 Å². The van der Waals surface area contributed by atoms with E-state index in [1.165, 1.54) is 0 Å². The number of imidazole rings is 1. The number of nitrogens with one attached hydrogen (secondary N) is 2. The number of pyridine rings is 1. The summed E-state index contributed by atoms with van der Waals surface area (Å²) in [5, 5.41) is 4.71. The normalized spacial score (nSPS) is 11.1. The highest BCUT2D eigenvalue weighted by atomic mass is 16.3. The monoisotopic (exact) mass is 354 g/mol. The summed E-state index contributed by atoms with van der Waals surface area (Å²) >= 11 is 0. The van der Waals surface area contributed by atoms with E-state index in [9.17, 15) is 4.79 Å². The highest BCUT2D eigenvalue weighted by Crippen LogP contribution is 2.24. The Morgan fingerprint density at radius 2 is 1.96 bits per heavy atom. The summed E-state index contributed by atoms with van der Waals surface area (Å²) in [6, 6.07) is 18.7. The molecule has 3 heterocycles. The van der Waals surface area contributed by atoms with Gasteiger partial charge < -0.3 is 14.7 Å². The Kier molecular flexibility index (Phi) is 3.47. The largest absolute Gasteiger partial charge is 0.461 e. The van der Waals surface area contributed by atoms with Crippen LogP contribution in [0.2, 0.25) is 0 Å². The van der Waals surface area contributed by atoms with Gasteiger partial charge >= 0.3 is 0 Å². The summed E-state index contributed by atoms with van der Waals surface area (Å²) in [5.41, 5.74) is 2.67. The van der Waals surface area contributed by atoms with Gasteiger partial charge in [0.2, 0.25) is 0 Å². The molecule has 2 aromatic carbocycles. The Morgan fingerprint density at radius 3 is 2.85 bits per heavy atom. The second-order valence-electron chi connectivity index (χ2n) is 6.13. The fraction of sp³-hybridized carbons (Fsp3) is 0. The number of aromatic nitrogens is 3. The zero-order valence-electron chi connectivity index (χ0n) is 14.1. The van der Waals surface area contributed by atoms with E-state index >= 15 is 0 Å². The Labute approximate surface area is 153 Å². The van der Waals surface area contributed by atoms with E-state index in [0.717, 1.165) is 21.8 Å². The number of amides is 1. The first-order chi connectivity index (χ1) is 13.3. The minimum absolute atomic E-state index is 0.253. The quantitative estimate of drug-likeness (QED) is 0.495. The van der Waals surface area contributed by atoms with Crippen molar-refractivity contribution in [2.24, 2.45) is 0 Å². The molecule has 0 radical (unpaired) electrons. The molecule has 0 aliphatic carbocycles. The molecular weight excluding hydrogens is 340 g/mol. The third kappa shape index (κ3) is 2.73. The fourth-order valence-corrected chi connectivity index (χ4v) is 3.11. The van der Waals surface area contributed by atoms with Crippen LogP contribution in [-0.2, 0) is 0 Å². The average Bonchev–Trinajstić information content (AvgIpc) is 3.36. The molecule has 6 nitrogen and oxygen atoms in total. The highest BCUT2D eigenvalue weighted by molar-refractivity contribution is 6.11. The first kappa shape index (κ1) is 15.3. The van der Waals surface area contributed by atoms with Gasteiger partial charge in [-0.05, 0) is 41.8 Å². The van der Waals surface area contributed by atoms with Crippen molar-refractivity contribution < 1.29 is 9.21 Å². The number of rotatable bonds is 3. The lowest BCUT2D eigenvalue weighted by molar-refractivity contribution is 0.102. The molecule has 0 aliphatic rings. The zero-order chi connectivity index (χ0) is 18.2. The standard InChI is InChI=1S/C21H14N4O2/c26-21(19-15-5-2-1-4-13(15)9-10-22-19)23-14-7-8-16-17(12-14)25-20(24-16)18-6-3-11-27-18/h1-12H,(H,23,26)(H,24,25). The SMILES string of the molecule is O=C(Nc1ccc2nc(-c3ccco3)[nH]c2c1)c1nccc2ccccc12. The van der Waals surface area contributed by atoms with Crippen molar-refractivity contribution in [3.05, 3.63) is 78.8 Å². The Hall–Kier alpha value is -3.93. The first-order valence-corrected chi connectivity index (χ1v) is 8.47. The molecule has 130 valence electrons. The van der Waals surface area contributed by atoms with E-state index in [1.807, 2.05) is 60.7 Å². The van der Waals surface area contributed by atoms with E-state index in [4.69, 9.17) is 4.42 Å². The number of carbonyl (C=O) groups excluding carboxylic acids is 1. The van der Waals surface area contributed by atoms with Gasteiger partial charge in [-0.2, -0.15) is 0 Å². The maximum absolute atomic E-state index is 12.7. The average molecular weight is 354 g/mol. The summed E-state index contributed by atoms with van der Waals surface area (Å²) < 4.78 is 5.37. The number of furan rings is 1. The van der Waals surface area contributed by atoms with Gasteiger partial charge in [-0.15, -0.1) is 0 Å². The lowest BCUT2D eigenvalue weighted by atomic mass is 10.1. The summed E-state index contributed by atoms with van der Waals surface area (Å²) in [5.74, 6) is 1.06. The molecule has 6 heteroatoms. The molecule has 5 aromatic rings. The first-order valence-electron chi connectivity index (χ1n) is 8.47. The molecule has 0 fully saturated rings. The summed E-state index contributed by atoms with van der Waals surface area (Å²) in [4.78, 5) is 24.7. The summed E-state index contributed by atoms with van der Waals surface area (Å²) in [7, 11) is 0. The molecule has 1 amide bonds. The maximum atomic E-state index is 12.7. The molecule has 27 heavy (non-hydrogen) atoms. The molecule has 3 aromatic heterocycles. The lowest BCUT2D eigenvalue weighted by Crippen LogP contribution is -2.14. The molecule has 0 bridgehead atoms. The van der Waals surface area contributed by atoms with E-state index in [0.29, 0.717) is 23.0 Å². The Balaban J connectivity index is 1.48. The van der Waals surface area contributed by atoms with Gasteiger partial charge in [-0.1, -0.05) is 24.3 Å². The Bertz CT molecular complexity index is 1270. The van der Waals surface area contributed by atoms with Crippen molar-refractivity contribution in [3.8, 4) is 11.6 Å². The van der Waals surface area contributed by atoms with Crippen LogP contribution < -0.4 is 5.32 Å². The number of aromatic amines is 1. The zero-order valence-corrected chi connectivity index (χ0v) is 14.1. The maximum Gasteiger partial charge on any atom is 0.274 e. The topological polar surface area (TPSA) is 83.8 Å². The van der Waals surface area contributed by atoms with Crippen LogP contribution in [0.1, 0.15) is 10.5 Å². The van der Waals surface area contributed by atoms with Gasteiger partial charge in [0.05, 0.1) is 17.3 Å². The molecule has 0 saturated heterocycles. The molecule has 2 N–H and O–H groups in total. The van der Waals surface area contributed by atoms with Crippen LogP contribution in [0.4, 0.5) is 5.69 Å². The number of hydrogen-bond donors (Lipinski definition) is 2. The van der Waals surface area contributed by atoms with Crippen LogP contribution in [0, 0.1) is 0 Å². The van der Waals surface area contributed by atoms with Crippen LogP contribution >= 0.6 is 0 Å². The van der Waals surface area contributed by atoms with Crippen LogP contribution in [0.5, 0.6) is 0 Å². The van der Waals surface area contributed by atoms with Crippen molar-refractivity contribution in [1.82, 2.24) is 15.0 Å². The molecule has 0 spiro atoms. The fourth-order valence-electron chi connectivity index (χ4n) is 3.11. The van der Waals surface area contributed by atoms with Gasteiger partial charge in [0.25, 0.3) is 5.91 Å². The number of fused-ring (bicyclic) bond motifs is 2. The minimum Gasteiger partial charge on any atom is -0.461 e. The molecule has 0 atom stereocenters. The molecule has 5 rings (SSSR count). The molecule has 0 saturated carbocycles. The summed E-state index contributed by atoms with van der Waals surface area (Å²) in [6.07, 6.45) is 3.25. The number of H-pyrrole nitrogens is 1. The third-order valence-corrected chi connectivity index (χ3v) is 4.38. The predicted octanol–water partition coefficient (Wildman–Crippen LogP) is 4.62. The lowest BCUT2D eigenvalue weighted by Gasteiger charge is -2.07. The highest BCUT2D eigenvalue weighted by Gasteiger charge is 2.13. The minimum atomic E-state index is -0.253. The van der Waals surface area contributed by atoms with E-state index in [2.05, 4.69) is 20.3 Å². The van der Waals surface area contributed by atoms with Crippen molar-refractivity contribution in [2.75, 3.05) is 5.32 Å². The second-order valence-corrected chi connectivity index (χ2v) is 6.13. The predicted molar refractivity (Wildman–Crippen MR) is 103 cm³/mol. The summed E-state index contributed by atoms with van der Waals surface area (Å²) in [6.45, 7) is 0. The van der Waals surface area contributed by atoms with Gasteiger partial charge in [0.15, 0.2) is 11.6 Å². The number of benzene rings is 2. The molecule has 0 aliphatic heterocycles. The van der Waals surface area contributed by atoms with Crippen LogP contribution in [0.15, 0.2) is 77.5 Å². The van der Waals surface area contributed by atoms with Gasteiger partial charge in [0, 0.05) is 17.3 Å². The molecule has 0 unspecified atom stereocenters. The van der Waals surface area contributed by atoms with E-state index in [-0.39, 0.29) is 5.91 Å². The number of carbonyl (C=O) groups is 1.